The van der Waals surface area contributed by atoms with Crippen LogP contribution in [0.4, 0.5) is 0 Å². The fraction of sp³-hybridized carbons (Fsp3) is 0.886. The average Bonchev–Trinajstić information content (AvgIpc) is 3.01. The van der Waals surface area contributed by atoms with E-state index in [4.69, 9.17) is 9.47 Å². The number of carbonyl (C=O) groups is 4. The van der Waals surface area contributed by atoms with E-state index in [1.165, 1.54) is 0 Å². The van der Waals surface area contributed by atoms with Gasteiger partial charge in [-0.15, -0.1) is 0 Å². The van der Waals surface area contributed by atoms with E-state index in [0.717, 1.165) is 19.3 Å². The molecule has 0 radical (unpaired) electrons. The molecule has 0 saturated carbocycles. The summed E-state index contributed by atoms with van der Waals surface area (Å²) >= 11 is 0. The van der Waals surface area contributed by atoms with Crippen LogP contribution in [0.2, 0.25) is 0 Å². The van der Waals surface area contributed by atoms with E-state index in [1.807, 2.05) is 55.4 Å². The van der Waals surface area contributed by atoms with Gasteiger partial charge in [-0.3, -0.25) is 24.5 Å². The lowest BCUT2D eigenvalue weighted by molar-refractivity contribution is -0.141. The molecule has 0 fully saturated rings. The summed E-state index contributed by atoms with van der Waals surface area (Å²) in [7, 11) is 0. The van der Waals surface area contributed by atoms with Gasteiger partial charge in [0.25, 0.3) is 0 Å². The molecular weight excluding hydrogens is 560 g/mol. The Morgan fingerprint density at radius 2 is 1.30 bits per heavy atom. The van der Waals surface area contributed by atoms with Crippen LogP contribution in [0.3, 0.4) is 0 Å². The predicted molar refractivity (Wildman–Crippen MR) is 177 cm³/mol. The Bertz CT molecular complexity index is 880. The van der Waals surface area contributed by atoms with E-state index in [0.29, 0.717) is 64.9 Å². The van der Waals surface area contributed by atoms with Gasteiger partial charge in [-0.25, -0.2) is 0 Å². The zero-order valence-electron chi connectivity index (χ0n) is 29.8. The maximum Gasteiger partial charge on any atom is 0.320 e. The first kappa shape index (κ1) is 42.3. The molecule has 0 aromatic heterocycles. The van der Waals surface area contributed by atoms with Crippen molar-refractivity contribution in [1.82, 2.24) is 10.6 Å². The predicted octanol–water partition coefficient (Wildman–Crippen LogP) is 6.30. The summed E-state index contributed by atoms with van der Waals surface area (Å²) in [6, 6.07) is -0.990. The minimum absolute atomic E-state index is 0.0392. The van der Waals surface area contributed by atoms with Gasteiger partial charge in [-0.1, -0.05) is 68.7 Å². The Morgan fingerprint density at radius 1 is 0.705 bits per heavy atom. The highest BCUT2D eigenvalue weighted by atomic mass is 16.5. The molecule has 0 aromatic rings. The van der Waals surface area contributed by atoms with Crippen LogP contribution in [0.1, 0.15) is 140 Å². The van der Waals surface area contributed by atoms with Crippen LogP contribution in [0, 0.1) is 10.8 Å². The number of carboxylic acids is 1. The van der Waals surface area contributed by atoms with E-state index in [1.54, 1.807) is 0 Å². The largest absolute Gasteiger partial charge is 0.480 e. The molecule has 0 aliphatic heterocycles. The third-order valence-corrected chi connectivity index (χ3v) is 10.4. The number of carboxylic acid groups (broad SMARTS) is 1. The number of nitrogens with one attached hydrogen (secondary N) is 2. The summed E-state index contributed by atoms with van der Waals surface area (Å²) in [4.78, 5) is 51.6. The minimum Gasteiger partial charge on any atom is -0.480 e. The molecule has 2 atom stereocenters. The number of aliphatic carboxylic acids is 1. The standard InChI is InChI=1S/C35H66N2O7/c1-11-18-19-29(39)35(16-6,17-7)37-27(31(41)42)20-21-28(38)34(14-4,15-5)33(10,13-3)36-22-23-43-24-25-44-26-30(40)32(8,9)12-2/h27,36-37H,11-26H2,1-10H3,(H,41,42)/t27-,33?/m0/s1. The zero-order chi connectivity index (χ0) is 34.0. The van der Waals surface area contributed by atoms with Crippen molar-refractivity contribution >= 4 is 23.3 Å². The van der Waals surface area contributed by atoms with Crippen molar-refractivity contribution in [1.29, 1.82) is 0 Å². The van der Waals surface area contributed by atoms with Crippen LogP contribution >= 0.6 is 0 Å². The van der Waals surface area contributed by atoms with Crippen LogP contribution in [-0.4, -0.2) is 78.5 Å². The van der Waals surface area contributed by atoms with Crippen LogP contribution in [0.25, 0.3) is 0 Å². The molecule has 0 aliphatic rings. The molecule has 0 rings (SSSR count). The number of Topliss-reactive ketones (excluding diaryl/α,β-unsaturated/α-hetero) is 3. The Hall–Kier alpha value is -1.68. The van der Waals surface area contributed by atoms with Crippen LogP contribution in [0.5, 0.6) is 0 Å². The molecule has 0 bridgehead atoms. The van der Waals surface area contributed by atoms with Crippen molar-refractivity contribution < 1.29 is 33.8 Å². The lowest BCUT2D eigenvalue weighted by atomic mass is 9.62. The lowest BCUT2D eigenvalue weighted by Crippen LogP contribution is -2.60. The molecule has 0 amide bonds. The first-order valence-electron chi connectivity index (χ1n) is 17.2. The molecular formula is C35H66N2O7. The summed E-state index contributed by atoms with van der Waals surface area (Å²) in [5.74, 6) is -0.871. The third kappa shape index (κ3) is 11.6. The Balaban J connectivity index is 5.34. The quantitative estimate of drug-likeness (QED) is 0.0856. The fourth-order valence-electron chi connectivity index (χ4n) is 6.15. The highest BCUT2D eigenvalue weighted by Crippen LogP contribution is 2.43. The molecule has 0 spiro atoms. The van der Waals surface area contributed by atoms with Gasteiger partial charge in [0.1, 0.15) is 18.4 Å². The highest BCUT2D eigenvalue weighted by molar-refractivity contribution is 5.90. The summed E-state index contributed by atoms with van der Waals surface area (Å²) in [5.41, 5.74) is -2.50. The molecule has 44 heavy (non-hydrogen) atoms. The number of rotatable bonds is 28. The summed E-state index contributed by atoms with van der Waals surface area (Å²) in [5, 5.41) is 16.9. The Kier molecular flexibility index (Phi) is 19.7. The first-order valence-corrected chi connectivity index (χ1v) is 17.2. The van der Waals surface area contributed by atoms with E-state index in [9.17, 15) is 24.3 Å². The minimum atomic E-state index is -1.04. The van der Waals surface area contributed by atoms with E-state index < -0.39 is 28.5 Å². The van der Waals surface area contributed by atoms with Gasteiger partial charge < -0.3 is 19.9 Å². The molecule has 1 unspecified atom stereocenters. The van der Waals surface area contributed by atoms with Crippen molar-refractivity contribution in [2.45, 2.75) is 157 Å². The number of hydrogen-bond acceptors (Lipinski definition) is 8. The second-order valence-electron chi connectivity index (χ2n) is 13.0. The lowest BCUT2D eigenvalue weighted by Gasteiger charge is -2.48. The normalized spacial score (nSPS) is 14.7. The molecule has 9 nitrogen and oxygen atoms in total. The van der Waals surface area contributed by atoms with Gasteiger partial charge in [0.15, 0.2) is 11.6 Å². The Morgan fingerprint density at radius 3 is 1.77 bits per heavy atom. The van der Waals surface area contributed by atoms with Gasteiger partial charge in [-0.05, 0) is 58.3 Å². The number of hydrogen-bond donors (Lipinski definition) is 3. The van der Waals surface area contributed by atoms with Crippen molar-refractivity contribution in [3.63, 3.8) is 0 Å². The van der Waals surface area contributed by atoms with Crippen molar-refractivity contribution in [3.8, 4) is 0 Å². The summed E-state index contributed by atoms with van der Waals surface area (Å²) in [6.45, 7) is 21.6. The second kappa shape index (κ2) is 20.4. The van der Waals surface area contributed by atoms with Gasteiger partial charge in [0, 0.05) is 35.8 Å². The first-order chi connectivity index (χ1) is 20.7. The molecule has 0 aromatic carbocycles. The third-order valence-electron chi connectivity index (χ3n) is 10.4. The average molecular weight is 627 g/mol. The van der Waals surface area contributed by atoms with E-state index >= 15 is 0 Å². The van der Waals surface area contributed by atoms with Gasteiger partial charge >= 0.3 is 5.97 Å². The highest BCUT2D eigenvalue weighted by Gasteiger charge is 2.49. The number of unbranched alkanes of at least 4 members (excludes halogenated alkanes) is 1. The smallest absolute Gasteiger partial charge is 0.320 e. The van der Waals surface area contributed by atoms with Crippen molar-refractivity contribution in [2.75, 3.05) is 33.0 Å². The molecule has 0 aliphatic carbocycles. The second-order valence-corrected chi connectivity index (χ2v) is 13.0. The number of ether oxygens (including phenoxy) is 2. The molecule has 0 heterocycles. The van der Waals surface area contributed by atoms with Crippen LogP contribution in [0.15, 0.2) is 0 Å². The van der Waals surface area contributed by atoms with E-state index in [-0.39, 0.29) is 42.2 Å². The number of ketones is 3. The SMILES string of the molecule is CCCCC(=O)C(CC)(CC)N[C@@H](CCC(=O)C(CC)(CC)C(C)(CC)NCCOCCOCC(=O)C(C)(C)CC)C(=O)O. The molecule has 9 heteroatoms. The van der Waals surface area contributed by atoms with Crippen LogP contribution in [-0.2, 0) is 28.7 Å². The maximum absolute atomic E-state index is 14.0. The fourth-order valence-corrected chi connectivity index (χ4v) is 6.15. The molecule has 0 saturated heterocycles. The van der Waals surface area contributed by atoms with Gasteiger partial charge in [0.2, 0.25) is 0 Å². The van der Waals surface area contributed by atoms with E-state index in [2.05, 4.69) is 24.5 Å². The van der Waals surface area contributed by atoms with Crippen LogP contribution < -0.4 is 10.6 Å². The van der Waals surface area contributed by atoms with Gasteiger partial charge in [-0.2, -0.15) is 0 Å². The summed E-state index contributed by atoms with van der Waals surface area (Å²) in [6.07, 6.45) is 6.02. The molecule has 258 valence electrons. The van der Waals surface area contributed by atoms with Gasteiger partial charge in [0.05, 0.1) is 25.4 Å². The summed E-state index contributed by atoms with van der Waals surface area (Å²) < 4.78 is 11.2. The maximum atomic E-state index is 14.0. The van der Waals surface area contributed by atoms with Crippen molar-refractivity contribution in [3.05, 3.63) is 0 Å². The van der Waals surface area contributed by atoms with Crippen molar-refractivity contribution in [2.24, 2.45) is 10.8 Å². The Labute approximate surface area is 268 Å². The topological polar surface area (TPSA) is 131 Å². The molecule has 3 N–H and O–H groups in total. The zero-order valence-corrected chi connectivity index (χ0v) is 29.8. The number of carbonyl (C=O) groups excluding carboxylic acids is 3. The monoisotopic (exact) mass is 626 g/mol.